The molecule has 7 nitrogen and oxygen atoms in total. The fourth-order valence-corrected chi connectivity index (χ4v) is 6.80. The van der Waals surface area contributed by atoms with Gasteiger partial charge in [0, 0.05) is 31.7 Å². The van der Waals surface area contributed by atoms with E-state index in [1.54, 1.807) is 33.5 Å². The van der Waals surface area contributed by atoms with Crippen LogP contribution in [0.25, 0.3) is 10.2 Å². The van der Waals surface area contributed by atoms with Crippen molar-refractivity contribution in [3.8, 4) is 0 Å². The summed E-state index contributed by atoms with van der Waals surface area (Å²) in [5.41, 5.74) is 1.32. The highest BCUT2D eigenvalue weighted by atomic mass is 35.5. The average molecular weight is 551 g/mol. The van der Waals surface area contributed by atoms with E-state index < -0.39 is 10.0 Å². The van der Waals surface area contributed by atoms with Crippen molar-refractivity contribution in [1.82, 2.24) is 14.2 Å². The fourth-order valence-electron chi connectivity index (χ4n) is 4.34. The maximum absolute atomic E-state index is 13.6. The molecule has 4 rings (SSSR count). The molecule has 0 bridgehead atoms. The zero-order valence-electron chi connectivity index (χ0n) is 21.1. The number of anilines is 1. The van der Waals surface area contributed by atoms with Crippen LogP contribution in [0.4, 0.5) is 5.13 Å². The Hall–Kier alpha value is -2.04. The molecule has 2 heterocycles. The van der Waals surface area contributed by atoms with Gasteiger partial charge in [-0.25, -0.2) is 13.4 Å². The molecule has 1 aliphatic heterocycles. The van der Waals surface area contributed by atoms with Crippen molar-refractivity contribution in [2.45, 2.75) is 38.5 Å². The number of sulfonamides is 1. The lowest BCUT2D eigenvalue weighted by molar-refractivity contribution is 0.0983. The molecule has 1 fully saturated rings. The predicted octanol–water partition coefficient (Wildman–Crippen LogP) is 5.13. The maximum atomic E-state index is 13.6. The Kier molecular flexibility index (Phi) is 9.88. The average Bonchev–Trinajstić information content (AvgIpc) is 3.30. The van der Waals surface area contributed by atoms with Crippen LogP contribution in [0.2, 0.25) is 0 Å². The minimum absolute atomic E-state index is 0. The van der Waals surface area contributed by atoms with Crippen LogP contribution in [0, 0.1) is 5.92 Å². The van der Waals surface area contributed by atoms with Gasteiger partial charge < -0.3 is 4.90 Å². The van der Waals surface area contributed by atoms with Crippen molar-refractivity contribution in [3.63, 3.8) is 0 Å². The summed E-state index contributed by atoms with van der Waals surface area (Å²) in [6, 6.07) is 14.2. The van der Waals surface area contributed by atoms with Crippen molar-refractivity contribution < 1.29 is 13.2 Å². The smallest absolute Gasteiger partial charge is 0.260 e. The number of halogens is 1. The zero-order chi connectivity index (χ0) is 25.0. The summed E-state index contributed by atoms with van der Waals surface area (Å²) in [7, 11) is -3.55. The van der Waals surface area contributed by atoms with E-state index in [0.29, 0.717) is 36.2 Å². The third-order valence-corrected chi connectivity index (χ3v) is 9.75. The third kappa shape index (κ3) is 6.26. The molecule has 3 aromatic rings. The van der Waals surface area contributed by atoms with Gasteiger partial charge in [-0.2, -0.15) is 4.31 Å². The SMILES string of the molecule is CCN(CC)CCN(C(=O)c1ccc(S(=O)(=O)N2CCC(C)CC2)cc1)c1nc2ccccc2s1.Cl. The summed E-state index contributed by atoms with van der Waals surface area (Å²) in [6.45, 7) is 10.5. The van der Waals surface area contributed by atoms with Gasteiger partial charge in [0.25, 0.3) is 5.91 Å². The molecule has 1 aromatic heterocycles. The lowest BCUT2D eigenvalue weighted by Gasteiger charge is -2.29. The summed E-state index contributed by atoms with van der Waals surface area (Å²) >= 11 is 1.49. The fraction of sp³-hybridized carbons (Fsp3) is 0.462. The topological polar surface area (TPSA) is 73.8 Å². The van der Waals surface area contributed by atoms with Gasteiger partial charge in [0.1, 0.15) is 0 Å². The van der Waals surface area contributed by atoms with Crippen LogP contribution >= 0.6 is 23.7 Å². The number of carbonyl (C=O) groups excluding carboxylic acids is 1. The number of nitrogens with zero attached hydrogens (tertiary/aromatic N) is 4. The van der Waals surface area contributed by atoms with Gasteiger partial charge in [0.2, 0.25) is 10.0 Å². The Labute approximate surface area is 224 Å². The number of fused-ring (bicyclic) bond motifs is 1. The molecule has 0 saturated carbocycles. The van der Waals surface area contributed by atoms with Crippen LogP contribution in [0.15, 0.2) is 53.4 Å². The molecule has 196 valence electrons. The van der Waals surface area contributed by atoms with Crippen LogP contribution in [-0.2, 0) is 10.0 Å². The number of likely N-dealkylation sites (N-methyl/N-ethyl adjacent to an activating group) is 1. The van der Waals surface area contributed by atoms with E-state index in [2.05, 4.69) is 25.7 Å². The number of rotatable bonds is 9. The molecule has 1 amide bonds. The van der Waals surface area contributed by atoms with E-state index in [4.69, 9.17) is 4.98 Å². The second kappa shape index (κ2) is 12.5. The first-order valence-corrected chi connectivity index (χ1v) is 14.6. The minimum atomic E-state index is -3.55. The molecule has 1 aliphatic rings. The van der Waals surface area contributed by atoms with Crippen molar-refractivity contribution in [2.24, 2.45) is 5.92 Å². The monoisotopic (exact) mass is 550 g/mol. The molecule has 0 atom stereocenters. The first kappa shape index (κ1) is 28.5. The van der Waals surface area contributed by atoms with Crippen LogP contribution in [0.3, 0.4) is 0 Å². The molecule has 0 N–H and O–H groups in total. The van der Waals surface area contributed by atoms with Crippen molar-refractivity contribution in [2.75, 3.05) is 44.2 Å². The second-order valence-electron chi connectivity index (χ2n) is 9.06. The molecular weight excluding hydrogens is 516 g/mol. The summed E-state index contributed by atoms with van der Waals surface area (Å²) < 4.78 is 28.8. The Morgan fingerprint density at radius 1 is 1.03 bits per heavy atom. The number of piperidine rings is 1. The number of benzene rings is 2. The van der Waals surface area contributed by atoms with E-state index >= 15 is 0 Å². The number of hydrogen-bond acceptors (Lipinski definition) is 6. The molecular formula is C26H35ClN4O3S2. The van der Waals surface area contributed by atoms with Gasteiger partial charge in [0.05, 0.1) is 15.1 Å². The summed E-state index contributed by atoms with van der Waals surface area (Å²) in [5, 5.41) is 0.655. The standard InChI is InChI=1S/C26H34N4O3S2.ClH/c1-4-28(5-2)18-19-30(26-27-23-8-6-7-9-24(23)34-26)25(31)21-10-12-22(13-11-21)35(32,33)29-16-14-20(3)15-17-29;/h6-13,20H,4-5,14-19H2,1-3H3;1H. The number of hydrogen-bond donors (Lipinski definition) is 0. The third-order valence-electron chi connectivity index (χ3n) is 6.77. The highest BCUT2D eigenvalue weighted by Gasteiger charge is 2.29. The maximum Gasteiger partial charge on any atom is 0.260 e. The van der Waals surface area contributed by atoms with Gasteiger partial charge in [-0.05, 0) is 68.2 Å². The van der Waals surface area contributed by atoms with Crippen LogP contribution in [-0.4, -0.2) is 67.8 Å². The van der Waals surface area contributed by atoms with Gasteiger partial charge in [-0.3, -0.25) is 9.69 Å². The molecule has 0 spiro atoms. The lowest BCUT2D eigenvalue weighted by atomic mass is 10.0. The first-order chi connectivity index (χ1) is 16.8. The highest BCUT2D eigenvalue weighted by molar-refractivity contribution is 7.89. The van der Waals surface area contributed by atoms with Gasteiger partial charge >= 0.3 is 0 Å². The van der Waals surface area contributed by atoms with Gasteiger partial charge in [0.15, 0.2) is 5.13 Å². The first-order valence-electron chi connectivity index (χ1n) is 12.3. The van der Waals surface area contributed by atoms with Crippen LogP contribution in [0.5, 0.6) is 0 Å². The Bertz CT molecular complexity index is 1220. The Morgan fingerprint density at radius 3 is 2.28 bits per heavy atom. The highest BCUT2D eigenvalue weighted by Crippen LogP contribution is 2.30. The number of para-hydroxylation sites is 1. The summed E-state index contributed by atoms with van der Waals surface area (Å²) in [5.74, 6) is 0.373. The van der Waals surface area contributed by atoms with Gasteiger partial charge in [-0.15, -0.1) is 12.4 Å². The van der Waals surface area contributed by atoms with Crippen molar-refractivity contribution >= 4 is 55.0 Å². The van der Waals surface area contributed by atoms with E-state index in [1.165, 1.54) is 11.3 Å². The van der Waals surface area contributed by atoms with Gasteiger partial charge in [-0.1, -0.05) is 44.2 Å². The normalized spacial score (nSPS) is 15.2. The summed E-state index contributed by atoms with van der Waals surface area (Å²) in [4.78, 5) is 22.6. The van der Waals surface area contributed by atoms with Crippen LogP contribution in [0.1, 0.15) is 44.0 Å². The van der Waals surface area contributed by atoms with Crippen molar-refractivity contribution in [3.05, 3.63) is 54.1 Å². The number of carbonyl (C=O) groups is 1. The molecule has 0 radical (unpaired) electrons. The number of aromatic nitrogens is 1. The molecule has 10 heteroatoms. The number of thiazole rings is 1. The second-order valence-corrected chi connectivity index (χ2v) is 12.0. The summed E-state index contributed by atoms with van der Waals surface area (Å²) in [6.07, 6.45) is 1.75. The Morgan fingerprint density at radius 2 is 1.67 bits per heavy atom. The van der Waals surface area contributed by atoms with Crippen molar-refractivity contribution in [1.29, 1.82) is 0 Å². The van der Waals surface area contributed by atoms with E-state index in [9.17, 15) is 13.2 Å². The Balaban J connectivity index is 0.00000361. The molecule has 2 aromatic carbocycles. The van der Waals surface area contributed by atoms with Crippen LogP contribution < -0.4 is 4.90 Å². The lowest BCUT2D eigenvalue weighted by Crippen LogP contribution is -2.39. The van der Waals surface area contributed by atoms with E-state index in [0.717, 1.165) is 42.7 Å². The molecule has 1 saturated heterocycles. The van der Waals surface area contributed by atoms with E-state index in [-0.39, 0.29) is 23.2 Å². The molecule has 0 unspecified atom stereocenters. The number of amides is 1. The minimum Gasteiger partial charge on any atom is -0.302 e. The molecule has 36 heavy (non-hydrogen) atoms. The predicted molar refractivity (Wildman–Crippen MR) is 150 cm³/mol. The quantitative estimate of drug-likeness (QED) is 0.369. The zero-order valence-corrected chi connectivity index (χ0v) is 23.5. The molecule has 0 aliphatic carbocycles. The largest absolute Gasteiger partial charge is 0.302 e. The van der Waals surface area contributed by atoms with E-state index in [1.807, 2.05) is 24.3 Å².